The Hall–Kier alpha value is -2.40. The van der Waals surface area contributed by atoms with E-state index in [1.54, 1.807) is 12.4 Å². The highest BCUT2D eigenvalue weighted by atomic mass is 16.5. The standard InChI is InChI=1S/C19H23N3O2/c23-19(21-18-7-4-10-20-13-18)22(14-16-5-2-1-3-6-16)15-17-8-11-24-12-9-17/h1-7,10,13,17H,8-9,11-12,14-15H2,(H,21,23). The van der Waals surface area contributed by atoms with Crippen LogP contribution in [0.25, 0.3) is 0 Å². The van der Waals surface area contributed by atoms with Gasteiger partial charge in [-0.15, -0.1) is 0 Å². The van der Waals surface area contributed by atoms with Gasteiger partial charge in [-0.05, 0) is 36.5 Å². The highest BCUT2D eigenvalue weighted by molar-refractivity contribution is 5.89. The Morgan fingerprint density at radius 3 is 2.67 bits per heavy atom. The fourth-order valence-corrected chi connectivity index (χ4v) is 2.90. The molecule has 0 atom stereocenters. The maximum Gasteiger partial charge on any atom is 0.322 e. The lowest BCUT2D eigenvalue weighted by Crippen LogP contribution is -2.39. The number of nitrogens with zero attached hydrogens (tertiary/aromatic N) is 2. The molecule has 126 valence electrons. The van der Waals surface area contributed by atoms with Crippen molar-refractivity contribution in [3.8, 4) is 0 Å². The predicted molar refractivity (Wildman–Crippen MR) is 93.7 cm³/mol. The molecule has 1 aliphatic heterocycles. The lowest BCUT2D eigenvalue weighted by molar-refractivity contribution is 0.0564. The SMILES string of the molecule is O=C(Nc1cccnc1)N(Cc1ccccc1)CC1CCOCC1. The first-order chi connectivity index (χ1) is 11.8. The molecule has 2 amide bonds. The quantitative estimate of drug-likeness (QED) is 0.915. The number of aromatic nitrogens is 1. The maximum absolute atomic E-state index is 12.7. The molecule has 0 bridgehead atoms. The van der Waals surface area contributed by atoms with Crippen molar-refractivity contribution in [1.82, 2.24) is 9.88 Å². The third-order valence-electron chi connectivity index (χ3n) is 4.24. The van der Waals surface area contributed by atoms with Crippen LogP contribution in [0.2, 0.25) is 0 Å². The molecule has 0 saturated carbocycles. The van der Waals surface area contributed by atoms with Gasteiger partial charge in [-0.25, -0.2) is 4.79 Å². The van der Waals surface area contributed by atoms with Crippen LogP contribution in [0.3, 0.4) is 0 Å². The van der Waals surface area contributed by atoms with Gasteiger partial charge in [0.25, 0.3) is 0 Å². The Labute approximate surface area is 142 Å². The molecule has 2 heterocycles. The van der Waals surface area contributed by atoms with Gasteiger partial charge in [-0.2, -0.15) is 0 Å². The lowest BCUT2D eigenvalue weighted by Gasteiger charge is -2.30. The topological polar surface area (TPSA) is 54.5 Å². The summed E-state index contributed by atoms with van der Waals surface area (Å²) in [7, 11) is 0. The molecule has 0 unspecified atom stereocenters. The summed E-state index contributed by atoms with van der Waals surface area (Å²) in [5, 5.41) is 2.95. The van der Waals surface area contributed by atoms with Crippen molar-refractivity contribution < 1.29 is 9.53 Å². The average molecular weight is 325 g/mol. The summed E-state index contributed by atoms with van der Waals surface area (Å²) < 4.78 is 5.43. The summed E-state index contributed by atoms with van der Waals surface area (Å²) in [6.45, 7) is 2.91. The van der Waals surface area contributed by atoms with Gasteiger partial charge in [0.05, 0.1) is 11.9 Å². The van der Waals surface area contributed by atoms with Crippen molar-refractivity contribution in [2.45, 2.75) is 19.4 Å². The molecule has 0 radical (unpaired) electrons. The number of ether oxygens (including phenoxy) is 1. The van der Waals surface area contributed by atoms with Gasteiger partial charge >= 0.3 is 6.03 Å². The molecule has 1 aliphatic rings. The maximum atomic E-state index is 12.7. The van der Waals surface area contributed by atoms with E-state index in [9.17, 15) is 4.79 Å². The smallest absolute Gasteiger partial charge is 0.322 e. The second-order valence-electron chi connectivity index (χ2n) is 6.09. The summed E-state index contributed by atoms with van der Waals surface area (Å²) in [5.41, 5.74) is 1.85. The molecule has 1 N–H and O–H groups in total. The summed E-state index contributed by atoms with van der Waals surface area (Å²) in [6.07, 6.45) is 5.36. The number of nitrogens with one attached hydrogen (secondary N) is 1. The Morgan fingerprint density at radius 1 is 1.17 bits per heavy atom. The van der Waals surface area contributed by atoms with Crippen LogP contribution in [0.4, 0.5) is 10.5 Å². The molecule has 24 heavy (non-hydrogen) atoms. The first-order valence-electron chi connectivity index (χ1n) is 8.39. The van der Waals surface area contributed by atoms with Crippen LogP contribution >= 0.6 is 0 Å². The van der Waals surface area contributed by atoms with E-state index in [0.717, 1.165) is 38.2 Å². The Balaban J connectivity index is 1.69. The third-order valence-corrected chi connectivity index (χ3v) is 4.24. The number of urea groups is 1. The van der Waals surface area contributed by atoms with Crippen molar-refractivity contribution in [3.05, 3.63) is 60.4 Å². The van der Waals surface area contributed by atoms with Crippen molar-refractivity contribution >= 4 is 11.7 Å². The third kappa shape index (κ3) is 4.80. The lowest BCUT2D eigenvalue weighted by atomic mass is 9.99. The van der Waals surface area contributed by atoms with Gasteiger partial charge in [0.2, 0.25) is 0 Å². The van der Waals surface area contributed by atoms with Crippen LogP contribution in [0.5, 0.6) is 0 Å². The number of pyridine rings is 1. The second kappa shape index (κ2) is 8.45. The van der Waals surface area contributed by atoms with Gasteiger partial charge in [0.1, 0.15) is 0 Å². The van der Waals surface area contributed by atoms with Crippen molar-refractivity contribution in [1.29, 1.82) is 0 Å². The molecule has 3 rings (SSSR count). The highest BCUT2D eigenvalue weighted by Gasteiger charge is 2.21. The van der Waals surface area contributed by atoms with Crippen molar-refractivity contribution in [3.63, 3.8) is 0 Å². The zero-order valence-electron chi connectivity index (χ0n) is 13.7. The molecule has 2 aromatic rings. The van der Waals surface area contributed by atoms with E-state index in [1.807, 2.05) is 47.4 Å². The van der Waals surface area contributed by atoms with Crippen LogP contribution in [0, 0.1) is 5.92 Å². The minimum absolute atomic E-state index is 0.0849. The zero-order chi connectivity index (χ0) is 16.6. The van der Waals surface area contributed by atoms with Crippen LogP contribution in [-0.2, 0) is 11.3 Å². The van der Waals surface area contributed by atoms with E-state index in [2.05, 4.69) is 10.3 Å². The number of anilines is 1. The number of carbonyl (C=O) groups is 1. The summed E-state index contributed by atoms with van der Waals surface area (Å²) in [4.78, 5) is 18.7. The van der Waals surface area contributed by atoms with Crippen molar-refractivity contribution in [2.75, 3.05) is 25.1 Å². The van der Waals surface area contributed by atoms with Crippen LogP contribution < -0.4 is 5.32 Å². The Morgan fingerprint density at radius 2 is 1.96 bits per heavy atom. The van der Waals surface area contributed by atoms with Crippen LogP contribution in [0.15, 0.2) is 54.9 Å². The Kier molecular flexibility index (Phi) is 5.80. The Bertz CT molecular complexity index is 628. The number of rotatable bonds is 5. The zero-order valence-corrected chi connectivity index (χ0v) is 13.7. The molecule has 1 fully saturated rings. The number of benzene rings is 1. The van der Waals surface area contributed by atoms with E-state index < -0.39 is 0 Å². The van der Waals surface area contributed by atoms with E-state index in [0.29, 0.717) is 18.2 Å². The van der Waals surface area contributed by atoms with Gasteiger partial charge in [0, 0.05) is 32.5 Å². The number of carbonyl (C=O) groups excluding carboxylic acids is 1. The molecule has 5 heteroatoms. The average Bonchev–Trinajstić information content (AvgIpc) is 2.64. The van der Waals surface area contributed by atoms with Crippen LogP contribution in [-0.4, -0.2) is 35.7 Å². The normalized spacial score (nSPS) is 15.0. The molecule has 1 aromatic heterocycles. The van der Waals surface area contributed by atoms with E-state index in [1.165, 1.54) is 0 Å². The fourth-order valence-electron chi connectivity index (χ4n) is 2.90. The molecule has 1 saturated heterocycles. The molecule has 0 aliphatic carbocycles. The summed E-state index contributed by atoms with van der Waals surface area (Å²) >= 11 is 0. The molecular weight excluding hydrogens is 302 g/mol. The van der Waals surface area contributed by atoms with Crippen molar-refractivity contribution in [2.24, 2.45) is 5.92 Å². The molecule has 5 nitrogen and oxygen atoms in total. The van der Waals surface area contributed by atoms with Gasteiger partial charge in [-0.3, -0.25) is 4.98 Å². The monoisotopic (exact) mass is 325 g/mol. The fraction of sp³-hybridized carbons (Fsp3) is 0.368. The summed E-state index contributed by atoms with van der Waals surface area (Å²) in [5.74, 6) is 0.488. The van der Waals surface area contributed by atoms with Gasteiger partial charge in [0.15, 0.2) is 0 Å². The van der Waals surface area contributed by atoms with Gasteiger partial charge < -0.3 is 15.0 Å². The number of amides is 2. The van der Waals surface area contributed by atoms with E-state index >= 15 is 0 Å². The van der Waals surface area contributed by atoms with Crippen LogP contribution in [0.1, 0.15) is 18.4 Å². The number of hydrogen-bond acceptors (Lipinski definition) is 3. The minimum atomic E-state index is -0.0849. The largest absolute Gasteiger partial charge is 0.381 e. The predicted octanol–water partition coefficient (Wildman–Crippen LogP) is 3.54. The minimum Gasteiger partial charge on any atom is -0.381 e. The highest BCUT2D eigenvalue weighted by Crippen LogP contribution is 2.18. The first kappa shape index (κ1) is 16.5. The summed E-state index contributed by atoms with van der Waals surface area (Å²) in [6, 6.07) is 13.7. The molecular formula is C19H23N3O2. The molecule has 1 aromatic carbocycles. The second-order valence-corrected chi connectivity index (χ2v) is 6.09. The van der Waals surface area contributed by atoms with E-state index in [4.69, 9.17) is 4.74 Å². The van der Waals surface area contributed by atoms with E-state index in [-0.39, 0.29) is 6.03 Å². The first-order valence-corrected chi connectivity index (χ1v) is 8.39. The van der Waals surface area contributed by atoms with Gasteiger partial charge in [-0.1, -0.05) is 30.3 Å². The number of hydrogen-bond donors (Lipinski definition) is 1. The molecule has 0 spiro atoms.